The molecule has 0 fully saturated rings. The molecule has 0 heterocycles. The van der Waals surface area contributed by atoms with Gasteiger partial charge in [0.2, 0.25) is 5.91 Å². The standard InChI is InChI=1S/C11H15N3O4/c1-18-7-3-2-6(14-8(15)4-5-12)10(16)9(7)11(13)17/h2-3,16H,4-5,12H2,1H3,(H2,13,17)(H,14,15). The minimum absolute atomic E-state index is 0.0862. The van der Waals surface area contributed by atoms with Crippen molar-refractivity contribution >= 4 is 17.5 Å². The van der Waals surface area contributed by atoms with Gasteiger partial charge in [-0.3, -0.25) is 9.59 Å². The lowest BCUT2D eigenvalue weighted by Gasteiger charge is -2.12. The summed E-state index contributed by atoms with van der Waals surface area (Å²) in [5.74, 6) is -1.50. The molecule has 18 heavy (non-hydrogen) atoms. The van der Waals surface area contributed by atoms with E-state index in [1.807, 2.05) is 0 Å². The normalized spacial score (nSPS) is 9.89. The highest BCUT2D eigenvalue weighted by molar-refractivity contribution is 6.02. The lowest BCUT2D eigenvalue weighted by Crippen LogP contribution is -2.18. The van der Waals surface area contributed by atoms with Gasteiger partial charge in [0.05, 0.1) is 12.8 Å². The molecule has 0 spiro atoms. The number of ether oxygens (including phenoxy) is 1. The number of hydrogen-bond acceptors (Lipinski definition) is 5. The predicted molar refractivity (Wildman–Crippen MR) is 65.5 cm³/mol. The van der Waals surface area contributed by atoms with E-state index in [0.29, 0.717) is 0 Å². The Kier molecular flexibility index (Phi) is 4.50. The molecule has 0 aliphatic carbocycles. The van der Waals surface area contributed by atoms with Crippen LogP contribution in [0.1, 0.15) is 16.8 Å². The molecule has 1 rings (SSSR count). The van der Waals surface area contributed by atoms with Crippen molar-refractivity contribution in [1.29, 1.82) is 0 Å². The lowest BCUT2D eigenvalue weighted by atomic mass is 10.1. The summed E-state index contributed by atoms with van der Waals surface area (Å²) < 4.78 is 4.90. The fourth-order valence-corrected chi connectivity index (χ4v) is 1.43. The molecule has 1 aromatic carbocycles. The van der Waals surface area contributed by atoms with E-state index in [1.54, 1.807) is 0 Å². The topological polar surface area (TPSA) is 128 Å². The summed E-state index contributed by atoms with van der Waals surface area (Å²) in [4.78, 5) is 22.6. The smallest absolute Gasteiger partial charge is 0.256 e. The number of nitrogens with two attached hydrogens (primary N) is 2. The van der Waals surface area contributed by atoms with Crippen molar-refractivity contribution in [2.45, 2.75) is 6.42 Å². The minimum Gasteiger partial charge on any atom is -0.505 e. The Labute approximate surface area is 104 Å². The number of amides is 2. The Balaban J connectivity index is 3.12. The Morgan fingerprint density at radius 3 is 2.61 bits per heavy atom. The van der Waals surface area contributed by atoms with E-state index >= 15 is 0 Å². The lowest BCUT2D eigenvalue weighted by molar-refractivity contribution is -0.116. The molecule has 0 aliphatic heterocycles. The van der Waals surface area contributed by atoms with Crippen LogP contribution in [0.5, 0.6) is 11.5 Å². The largest absolute Gasteiger partial charge is 0.505 e. The molecule has 7 heteroatoms. The molecule has 1 aromatic rings. The van der Waals surface area contributed by atoms with Crippen LogP contribution in [0.4, 0.5) is 5.69 Å². The number of carbonyl (C=O) groups is 2. The molecule has 7 nitrogen and oxygen atoms in total. The second kappa shape index (κ2) is 5.87. The van der Waals surface area contributed by atoms with Gasteiger partial charge in [-0.25, -0.2) is 0 Å². The maximum absolute atomic E-state index is 11.4. The van der Waals surface area contributed by atoms with Crippen molar-refractivity contribution < 1.29 is 19.4 Å². The van der Waals surface area contributed by atoms with Gasteiger partial charge in [0.1, 0.15) is 11.3 Å². The van der Waals surface area contributed by atoms with Crippen LogP contribution in [0.3, 0.4) is 0 Å². The highest BCUT2D eigenvalue weighted by Crippen LogP contribution is 2.34. The number of primary amides is 1. The molecule has 0 unspecified atom stereocenters. The number of aromatic hydroxyl groups is 1. The maximum atomic E-state index is 11.4. The van der Waals surface area contributed by atoms with Crippen LogP contribution < -0.4 is 21.5 Å². The second-order valence-electron chi connectivity index (χ2n) is 3.49. The maximum Gasteiger partial charge on any atom is 0.256 e. The first-order valence-electron chi connectivity index (χ1n) is 5.21. The van der Waals surface area contributed by atoms with Crippen LogP contribution in [0.25, 0.3) is 0 Å². The van der Waals surface area contributed by atoms with E-state index in [2.05, 4.69) is 5.32 Å². The SMILES string of the molecule is COc1ccc(NC(=O)CCN)c(O)c1C(N)=O. The number of phenols is 1. The summed E-state index contributed by atoms with van der Waals surface area (Å²) in [6.45, 7) is 0.186. The predicted octanol–water partition coefficient (Wildman–Crippen LogP) is -0.213. The third-order valence-electron chi connectivity index (χ3n) is 2.25. The monoisotopic (exact) mass is 253 g/mol. The van der Waals surface area contributed by atoms with Gasteiger partial charge < -0.3 is 26.6 Å². The van der Waals surface area contributed by atoms with Gasteiger partial charge in [-0.05, 0) is 12.1 Å². The first-order valence-corrected chi connectivity index (χ1v) is 5.21. The molecule has 6 N–H and O–H groups in total. The molecule has 2 amide bonds. The van der Waals surface area contributed by atoms with E-state index in [1.165, 1.54) is 19.2 Å². The van der Waals surface area contributed by atoms with E-state index in [4.69, 9.17) is 16.2 Å². The van der Waals surface area contributed by atoms with Gasteiger partial charge >= 0.3 is 0 Å². The Bertz CT molecular complexity index is 474. The van der Waals surface area contributed by atoms with Gasteiger partial charge in [-0.1, -0.05) is 0 Å². The van der Waals surface area contributed by atoms with Gasteiger partial charge in [0.25, 0.3) is 5.91 Å². The molecular weight excluding hydrogens is 238 g/mol. The minimum atomic E-state index is -0.848. The van der Waals surface area contributed by atoms with Crippen molar-refractivity contribution in [2.24, 2.45) is 11.5 Å². The van der Waals surface area contributed by atoms with Crippen LogP contribution in [0, 0.1) is 0 Å². The summed E-state index contributed by atoms with van der Waals surface area (Å²) in [5.41, 5.74) is 10.3. The molecule has 98 valence electrons. The highest BCUT2D eigenvalue weighted by Gasteiger charge is 2.18. The van der Waals surface area contributed by atoms with Gasteiger partial charge in [0.15, 0.2) is 5.75 Å². The summed E-state index contributed by atoms with van der Waals surface area (Å²) in [5, 5.41) is 12.3. The number of hydrogen-bond donors (Lipinski definition) is 4. The van der Waals surface area contributed by atoms with E-state index < -0.39 is 11.7 Å². The fraction of sp³-hybridized carbons (Fsp3) is 0.273. The molecular formula is C11H15N3O4. The fourth-order valence-electron chi connectivity index (χ4n) is 1.43. The first kappa shape index (κ1) is 13.8. The number of methoxy groups -OCH3 is 1. The van der Waals surface area contributed by atoms with Gasteiger partial charge in [-0.15, -0.1) is 0 Å². The molecule has 0 bridgehead atoms. The zero-order chi connectivity index (χ0) is 13.7. The first-order chi connectivity index (χ1) is 8.51. The molecule has 0 aromatic heterocycles. The second-order valence-corrected chi connectivity index (χ2v) is 3.49. The van der Waals surface area contributed by atoms with E-state index in [9.17, 15) is 14.7 Å². The zero-order valence-electron chi connectivity index (χ0n) is 9.90. The van der Waals surface area contributed by atoms with Crippen LogP contribution in [0.15, 0.2) is 12.1 Å². The Morgan fingerprint density at radius 1 is 1.44 bits per heavy atom. The summed E-state index contributed by atoms with van der Waals surface area (Å²) >= 11 is 0. The zero-order valence-corrected chi connectivity index (χ0v) is 9.90. The molecule has 0 saturated carbocycles. The summed E-state index contributed by atoms with van der Waals surface area (Å²) in [6, 6.07) is 2.84. The van der Waals surface area contributed by atoms with Crippen LogP contribution in [-0.2, 0) is 4.79 Å². The van der Waals surface area contributed by atoms with Crippen LogP contribution in [0.2, 0.25) is 0 Å². The summed E-state index contributed by atoms with van der Waals surface area (Å²) in [6.07, 6.45) is 0.109. The Morgan fingerprint density at radius 2 is 2.11 bits per heavy atom. The average Bonchev–Trinajstić information content (AvgIpc) is 2.31. The van der Waals surface area contributed by atoms with Crippen molar-refractivity contribution in [2.75, 3.05) is 19.0 Å². The van der Waals surface area contributed by atoms with Crippen LogP contribution >= 0.6 is 0 Å². The van der Waals surface area contributed by atoms with Gasteiger partial charge in [0, 0.05) is 13.0 Å². The highest BCUT2D eigenvalue weighted by atomic mass is 16.5. The van der Waals surface area contributed by atoms with Crippen molar-refractivity contribution in [1.82, 2.24) is 0 Å². The van der Waals surface area contributed by atoms with Gasteiger partial charge in [-0.2, -0.15) is 0 Å². The van der Waals surface area contributed by atoms with Crippen molar-refractivity contribution in [3.63, 3.8) is 0 Å². The van der Waals surface area contributed by atoms with E-state index in [-0.39, 0.29) is 35.9 Å². The average molecular weight is 253 g/mol. The molecule has 0 aliphatic rings. The summed E-state index contributed by atoms with van der Waals surface area (Å²) in [7, 11) is 1.34. The van der Waals surface area contributed by atoms with Crippen molar-refractivity contribution in [3.05, 3.63) is 17.7 Å². The number of nitrogens with one attached hydrogen (secondary N) is 1. The van der Waals surface area contributed by atoms with Crippen LogP contribution in [-0.4, -0.2) is 30.6 Å². The third kappa shape index (κ3) is 2.89. The number of benzene rings is 1. The quantitative estimate of drug-likeness (QED) is 0.540. The molecule has 0 radical (unpaired) electrons. The Hall–Kier alpha value is -2.28. The third-order valence-corrected chi connectivity index (χ3v) is 2.25. The van der Waals surface area contributed by atoms with Crippen molar-refractivity contribution in [3.8, 4) is 11.5 Å². The number of carbonyl (C=O) groups excluding carboxylic acids is 2. The molecule has 0 saturated heterocycles. The number of anilines is 1. The van der Waals surface area contributed by atoms with E-state index in [0.717, 1.165) is 0 Å². The number of rotatable bonds is 5. The molecule has 0 atom stereocenters.